The summed E-state index contributed by atoms with van der Waals surface area (Å²) in [7, 11) is 0. The summed E-state index contributed by atoms with van der Waals surface area (Å²) in [5.74, 6) is -1.37. The van der Waals surface area contributed by atoms with E-state index in [1.807, 2.05) is 15.9 Å². The maximum atomic E-state index is 13.8. The Morgan fingerprint density at radius 2 is 1.83 bits per heavy atom. The van der Waals surface area contributed by atoms with Gasteiger partial charge >= 0.3 is 5.97 Å². The number of nitrogens with zero attached hydrogens (tertiary/aromatic N) is 3. The number of carboxylic acids is 1. The average molecular weight is 335 g/mol. The summed E-state index contributed by atoms with van der Waals surface area (Å²) in [6.07, 6.45) is 0.601. The summed E-state index contributed by atoms with van der Waals surface area (Å²) in [6, 6.07) is 6.67. The molecule has 0 aromatic heterocycles. The van der Waals surface area contributed by atoms with Crippen molar-refractivity contribution in [2.24, 2.45) is 5.92 Å². The van der Waals surface area contributed by atoms with Gasteiger partial charge in [0.2, 0.25) is 5.91 Å². The van der Waals surface area contributed by atoms with Crippen molar-refractivity contribution < 1.29 is 19.1 Å². The SMILES string of the molecule is O=C(O)C1CCN(CC(=O)N2CCN(c3ccccc3F)CC2)C1. The van der Waals surface area contributed by atoms with Crippen LogP contribution in [0.25, 0.3) is 0 Å². The van der Waals surface area contributed by atoms with E-state index in [2.05, 4.69) is 0 Å². The van der Waals surface area contributed by atoms with Crippen LogP contribution >= 0.6 is 0 Å². The predicted octanol–water partition coefficient (Wildman–Crippen LogP) is 0.881. The van der Waals surface area contributed by atoms with Crippen LogP contribution in [0.2, 0.25) is 0 Å². The van der Waals surface area contributed by atoms with Crippen molar-refractivity contribution in [1.82, 2.24) is 9.80 Å². The van der Waals surface area contributed by atoms with Crippen LogP contribution in [-0.2, 0) is 9.59 Å². The Kier molecular flexibility index (Phi) is 4.99. The van der Waals surface area contributed by atoms with Crippen LogP contribution in [0.4, 0.5) is 10.1 Å². The van der Waals surface area contributed by atoms with E-state index in [0.717, 1.165) is 0 Å². The molecule has 1 amide bonds. The smallest absolute Gasteiger partial charge is 0.307 e. The summed E-state index contributed by atoms with van der Waals surface area (Å²) in [5, 5.41) is 9.02. The van der Waals surface area contributed by atoms with Crippen LogP contribution < -0.4 is 4.90 Å². The van der Waals surface area contributed by atoms with Crippen molar-refractivity contribution in [1.29, 1.82) is 0 Å². The Bertz CT molecular complexity index is 617. The predicted molar refractivity (Wildman–Crippen MR) is 87.4 cm³/mol. The van der Waals surface area contributed by atoms with Crippen LogP contribution in [0.15, 0.2) is 24.3 Å². The molecule has 1 unspecified atom stereocenters. The van der Waals surface area contributed by atoms with Gasteiger partial charge in [0, 0.05) is 32.7 Å². The number of carbonyl (C=O) groups excluding carboxylic acids is 1. The first kappa shape index (κ1) is 16.7. The molecule has 2 fully saturated rings. The molecule has 0 aliphatic carbocycles. The van der Waals surface area contributed by atoms with Crippen molar-refractivity contribution in [3.63, 3.8) is 0 Å². The Hall–Kier alpha value is -2.15. The molecule has 130 valence electrons. The van der Waals surface area contributed by atoms with Gasteiger partial charge in [0.25, 0.3) is 0 Å². The number of anilines is 1. The van der Waals surface area contributed by atoms with Gasteiger partial charge in [0.05, 0.1) is 18.2 Å². The summed E-state index contributed by atoms with van der Waals surface area (Å²) < 4.78 is 13.8. The molecule has 2 aliphatic rings. The van der Waals surface area contributed by atoms with Gasteiger partial charge < -0.3 is 14.9 Å². The number of para-hydroxylation sites is 1. The van der Waals surface area contributed by atoms with Crippen LogP contribution in [-0.4, -0.2) is 72.6 Å². The fourth-order valence-electron chi connectivity index (χ4n) is 3.37. The van der Waals surface area contributed by atoms with Gasteiger partial charge in [-0.3, -0.25) is 14.5 Å². The topological polar surface area (TPSA) is 64.1 Å². The molecule has 1 atom stereocenters. The zero-order chi connectivity index (χ0) is 17.1. The summed E-state index contributed by atoms with van der Waals surface area (Å²) >= 11 is 0. The average Bonchev–Trinajstić information content (AvgIpc) is 3.04. The van der Waals surface area contributed by atoms with Crippen molar-refractivity contribution in [3.05, 3.63) is 30.1 Å². The third-order valence-corrected chi connectivity index (χ3v) is 4.81. The maximum Gasteiger partial charge on any atom is 0.307 e. The van der Waals surface area contributed by atoms with Gasteiger partial charge in [-0.1, -0.05) is 12.1 Å². The monoisotopic (exact) mass is 335 g/mol. The van der Waals surface area contributed by atoms with Crippen molar-refractivity contribution in [2.75, 3.05) is 50.7 Å². The fourth-order valence-corrected chi connectivity index (χ4v) is 3.37. The Morgan fingerprint density at radius 3 is 2.46 bits per heavy atom. The van der Waals surface area contributed by atoms with Gasteiger partial charge in [-0.2, -0.15) is 0 Å². The standard InChI is InChI=1S/C17H22FN3O3/c18-14-3-1-2-4-15(14)20-7-9-21(10-8-20)16(22)12-19-6-5-13(11-19)17(23)24/h1-4,13H,5-12H2,(H,23,24). The number of carbonyl (C=O) groups is 2. The minimum absolute atomic E-state index is 0.0224. The van der Waals surface area contributed by atoms with Crippen molar-refractivity contribution in [2.45, 2.75) is 6.42 Å². The highest BCUT2D eigenvalue weighted by Gasteiger charge is 2.30. The number of rotatable bonds is 4. The number of aliphatic carboxylic acids is 1. The highest BCUT2D eigenvalue weighted by Crippen LogP contribution is 2.21. The molecule has 24 heavy (non-hydrogen) atoms. The maximum absolute atomic E-state index is 13.8. The highest BCUT2D eigenvalue weighted by molar-refractivity contribution is 5.79. The van der Waals surface area contributed by atoms with Crippen LogP contribution in [0, 0.1) is 11.7 Å². The summed E-state index contributed by atoms with van der Waals surface area (Å²) in [5.41, 5.74) is 0.577. The lowest BCUT2D eigenvalue weighted by Crippen LogP contribution is -2.51. The molecule has 1 aromatic carbocycles. The molecular formula is C17H22FN3O3. The van der Waals surface area contributed by atoms with E-state index < -0.39 is 5.97 Å². The van der Waals surface area contributed by atoms with E-state index in [-0.39, 0.29) is 24.2 Å². The quantitative estimate of drug-likeness (QED) is 0.885. The number of piperazine rings is 1. The molecule has 3 rings (SSSR count). The summed E-state index contributed by atoms with van der Waals surface area (Å²) in [4.78, 5) is 29.0. The van der Waals surface area contributed by atoms with Crippen molar-refractivity contribution in [3.8, 4) is 0 Å². The first-order valence-corrected chi connectivity index (χ1v) is 8.27. The second-order valence-corrected chi connectivity index (χ2v) is 6.38. The normalized spacial score (nSPS) is 22.0. The number of likely N-dealkylation sites (tertiary alicyclic amines) is 1. The molecule has 2 aliphatic heterocycles. The molecule has 7 heteroatoms. The Balaban J connectivity index is 1.49. The van der Waals surface area contributed by atoms with Gasteiger partial charge in [0.15, 0.2) is 0 Å². The second-order valence-electron chi connectivity index (χ2n) is 6.38. The molecule has 0 radical (unpaired) electrons. The fraction of sp³-hybridized carbons (Fsp3) is 0.529. The number of benzene rings is 1. The van der Waals surface area contributed by atoms with Gasteiger partial charge in [0.1, 0.15) is 5.82 Å². The van der Waals surface area contributed by atoms with E-state index in [1.165, 1.54) is 6.07 Å². The van der Waals surface area contributed by atoms with E-state index in [1.54, 1.807) is 17.0 Å². The number of hydrogen-bond donors (Lipinski definition) is 1. The minimum Gasteiger partial charge on any atom is -0.481 e. The number of hydrogen-bond acceptors (Lipinski definition) is 4. The van der Waals surface area contributed by atoms with E-state index in [0.29, 0.717) is 51.4 Å². The van der Waals surface area contributed by atoms with Gasteiger partial charge in [-0.05, 0) is 25.1 Å². The molecule has 1 aromatic rings. The third kappa shape index (κ3) is 3.67. The zero-order valence-corrected chi connectivity index (χ0v) is 13.5. The molecule has 2 heterocycles. The van der Waals surface area contributed by atoms with Crippen LogP contribution in [0.5, 0.6) is 0 Å². The van der Waals surface area contributed by atoms with E-state index in [4.69, 9.17) is 5.11 Å². The first-order valence-electron chi connectivity index (χ1n) is 8.27. The first-order chi connectivity index (χ1) is 11.5. The number of halogens is 1. The van der Waals surface area contributed by atoms with Crippen LogP contribution in [0.3, 0.4) is 0 Å². The van der Waals surface area contributed by atoms with E-state index in [9.17, 15) is 14.0 Å². The Morgan fingerprint density at radius 1 is 1.12 bits per heavy atom. The Labute approximate surface area is 140 Å². The van der Waals surface area contributed by atoms with Gasteiger partial charge in [-0.25, -0.2) is 4.39 Å². The molecule has 0 bridgehead atoms. The molecule has 1 N–H and O–H groups in total. The van der Waals surface area contributed by atoms with Crippen molar-refractivity contribution >= 4 is 17.6 Å². The third-order valence-electron chi connectivity index (χ3n) is 4.81. The lowest BCUT2D eigenvalue weighted by atomic mass is 10.1. The molecule has 0 saturated carbocycles. The lowest BCUT2D eigenvalue weighted by Gasteiger charge is -2.36. The lowest BCUT2D eigenvalue weighted by molar-refractivity contribution is -0.141. The summed E-state index contributed by atoms with van der Waals surface area (Å²) in [6.45, 7) is 3.68. The van der Waals surface area contributed by atoms with Gasteiger partial charge in [-0.15, -0.1) is 0 Å². The minimum atomic E-state index is -0.788. The number of carboxylic acid groups (broad SMARTS) is 1. The number of amides is 1. The molecule has 0 spiro atoms. The van der Waals surface area contributed by atoms with E-state index >= 15 is 0 Å². The largest absolute Gasteiger partial charge is 0.481 e. The second kappa shape index (κ2) is 7.17. The van der Waals surface area contributed by atoms with Crippen LogP contribution in [0.1, 0.15) is 6.42 Å². The highest BCUT2D eigenvalue weighted by atomic mass is 19.1. The molecule has 2 saturated heterocycles. The molecular weight excluding hydrogens is 313 g/mol. The zero-order valence-electron chi connectivity index (χ0n) is 13.5. The molecule has 6 nitrogen and oxygen atoms in total.